The fourth-order valence-electron chi connectivity index (χ4n) is 2.72. The maximum atomic E-state index is 11.4. The van der Waals surface area contributed by atoms with Gasteiger partial charge >= 0.3 is 0 Å². The molecule has 2 heteroatoms. The number of rotatable bonds is 3. The molecule has 0 unspecified atom stereocenters. The van der Waals surface area contributed by atoms with Crippen LogP contribution < -0.4 is 0 Å². The van der Waals surface area contributed by atoms with E-state index in [2.05, 4.69) is 13.5 Å². The van der Waals surface area contributed by atoms with Crippen molar-refractivity contribution >= 4 is 5.78 Å². The third-order valence-corrected chi connectivity index (χ3v) is 3.96. The van der Waals surface area contributed by atoms with Gasteiger partial charge in [-0.3, -0.25) is 4.79 Å². The van der Waals surface area contributed by atoms with E-state index in [0.29, 0.717) is 0 Å². The summed E-state index contributed by atoms with van der Waals surface area (Å²) in [5.74, 6) is 0.734. The lowest BCUT2D eigenvalue weighted by Gasteiger charge is -2.43. The van der Waals surface area contributed by atoms with Crippen LogP contribution in [0.2, 0.25) is 0 Å². The first-order valence-corrected chi connectivity index (χ1v) is 5.67. The summed E-state index contributed by atoms with van der Waals surface area (Å²) in [5.41, 5.74) is 1.02. The van der Waals surface area contributed by atoms with E-state index in [1.54, 1.807) is 6.92 Å². The van der Waals surface area contributed by atoms with Crippen molar-refractivity contribution in [1.82, 2.24) is 0 Å². The van der Waals surface area contributed by atoms with Crippen LogP contribution in [0.25, 0.3) is 0 Å². The SMILES string of the molecule is C=C(C)[C@@H]1C[C@H](C(C)=O)CC[C@@]1(C)CO. The Morgan fingerprint density at radius 1 is 1.53 bits per heavy atom. The van der Waals surface area contributed by atoms with Crippen LogP contribution in [-0.4, -0.2) is 17.5 Å². The van der Waals surface area contributed by atoms with Gasteiger partial charge < -0.3 is 5.11 Å². The summed E-state index contributed by atoms with van der Waals surface area (Å²) >= 11 is 0. The summed E-state index contributed by atoms with van der Waals surface area (Å²) in [6.45, 7) is 9.95. The lowest BCUT2D eigenvalue weighted by atomic mass is 9.62. The molecule has 1 N–H and O–H groups in total. The lowest BCUT2D eigenvalue weighted by Crippen LogP contribution is -2.39. The van der Waals surface area contributed by atoms with Gasteiger partial charge in [-0.25, -0.2) is 0 Å². The first kappa shape index (κ1) is 12.4. The first-order chi connectivity index (χ1) is 6.90. The second-order valence-electron chi connectivity index (χ2n) is 5.29. The zero-order valence-corrected chi connectivity index (χ0v) is 10.0. The van der Waals surface area contributed by atoms with Crippen molar-refractivity contribution in [2.24, 2.45) is 17.3 Å². The van der Waals surface area contributed by atoms with E-state index in [1.807, 2.05) is 6.92 Å². The van der Waals surface area contributed by atoms with Crippen molar-refractivity contribution < 1.29 is 9.90 Å². The Hall–Kier alpha value is -0.630. The average Bonchev–Trinajstić information content (AvgIpc) is 2.17. The number of aliphatic hydroxyl groups is 1. The topological polar surface area (TPSA) is 37.3 Å². The molecule has 0 aromatic carbocycles. The Labute approximate surface area is 92.4 Å². The largest absolute Gasteiger partial charge is 0.396 e. The minimum atomic E-state index is -0.0716. The second-order valence-corrected chi connectivity index (χ2v) is 5.29. The minimum Gasteiger partial charge on any atom is -0.396 e. The third kappa shape index (κ3) is 2.49. The zero-order chi connectivity index (χ0) is 11.6. The van der Waals surface area contributed by atoms with Gasteiger partial charge in [0.25, 0.3) is 0 Å². The van der Waals surface area contributed by atoms with Crippen LogP contribution in [0.15, 0.2) is 12.2 Å². The highest BCUT2D eigenvalue weighted by atomic mass is 16.3. The molecular formula is C13H22O2. The van der Waals surface area contributed by atoms with Crippen LogP contribution in [0.3, 0.4) is 0 Å². The molecule has 86 valence electrons. The molecule has 2 nitrogen and oxygen atoms in total. The Kier molecular flexibility index (Phi) is 3.72. The number of carbonyl (C=O) groups is 1. The Balaban J connectivity index is 2.83. The van der Waals surface area contributed by atoms with Crippen molar-refractivity contribution in [2.45, 2.75) is 40.0 Å². The standard InChI is InChI=1S/C13H22O2/c1-9(2)12-7-11(10(3)15)5-6-13(12,4)8-14/h11-12,14H,1,5-8H2,2-4H3/t11-,12+,13+/m1/s1. The van der Waals surface area contributed by atoms with Crippen LogP contribution in [0.4, 0.5) is 0 Å². The third-order valence-electron chi connectivity index (χ3n) is 3.96. The molecule has 0 aromatic rings. The first-order valence-electron chi connectivity index (χ1n) is 5.67. The molecule has 0 aliphatic heterocycles. The molecule has 1 aliphatic rings. The molecule has 0 spiro atoms. The molecule has 3 atom stereocenters. The molecule has 1 fully saturated rings. The van der Waals surface area contributed by atoms with E-state index in [9.17, 15) is 9.90 Å². The van der Waals surface area contributed by atoms with Crippen molar-refractivity contribution in [1.29, 1.82) is 0 Å². The quantitative estimate of drug-likeness (QED) is 0.727. The smallest absolute Gasteiger partial charge is 0.132 e. The van der Waals surface area contributed by atoms with E-state index in [1.165, 1.54) is 0 Å². The van der Waals surface area contributed by atoms with Gasteiger partial charge in [0.2, 0.25) is 0 Å². The molecule has 0 radical (unpaired) electrons. The zero-order valence-electron chi connectivity index (χ0n) is 10.0. The van der Waals surface area contributed by atoms with Gasteiger partial charge in [-0.2, -0.15) is 0 Å². The van der Waals surface area contributed by atoms with Gasteiger partial charge in [0.15, 0.2) is 0 Å². The van der Waals surface area contributed by atoms with Crippen LogP contribution in [-0.2, 0) is 4.79 Å². The van der Waals surface area contributed by atoms with Crippen LogP contribution >= 0.6 is 0 Å². The number of hydrogen-bond donors (Lipinski definition) is 1. The highest BCUT2D eigenvalue weighted by molar-refractivity contribution is 5.78. The maximum absolute atomic E-state index is 11.4. The lowest BCUT2D eigenvalue weighted by molar-refractivity contribution is -0.123. The molecule has 0 saturated heterocycles. The fourth-order valence-corrected chi connectivity index (χ4v) is 2.72. The average molecular weight is 210 g/mol. The van der Waals surface area contributed by atoms with Crippen LogP contribution in [0.5, 0.6) is 0 Å². The predicted octanol–water partition coefficient (Wildman–Crippen LogP) is 2.57. The van der Waals surface area contributed by atoms with E-state index in [0.717, 1.165) is 24.8 Å². The monoisotopic (exact) mass is 210 g/mol. The summed E-state index contributed by atoms with van der Waals surface area (Å²) in [6, 6.07) is 0. The normalized spacial score (nSPS) is 36.3. The van der Waals surface area contributed by atoms with Crippen molar-refractivity contribution in [3.63, 3.8) is 0 Å². The minimum absolute atomic E-state index is 0.0716. The molecular weight excluding hydrogens is 188 g/mol. The molecule has 0 bridgehead atoms. The summed E-state index contributed by atoms with van der Waals surface area (Å²) in [6.07, 6.45) is 2.70. The predicted molar refractivity (Wildman–Crippen MR) is 61.5 cm³/mol. The molecule has 1 rings (SSSR count). The van der Waals surface area contributed by atoms with Crippen LogP contribution in [0.1, 0.15) is 40.0 Å². The molecule has 1 aliphatic carbocycles. The van der Waals surface area contributed by atoms with E-state index in [4.69, 9.17) is 0 Å². The van der Waals surface area contributed by atoms with Gasteiger partial charge in [0.1, 0.15) is 5.78 Å². The summed E-state index contributed by atoms with van der Waals surface area (Å²) in [7, 11) is 0. The molecule has 15 heavy (non-hydrogen) atoms. The summed E-state index contributed by atoms with van der Waals surface area (Å²) in [5, 5.41) is 9.47. The Bertz CT molecular complexity index is 270. The van der Waals surface area contributed by atoms with Gasteiger partial charge in [-0.15, -0.1) is 0 Å². The Morgan fingerprint density at radius 3 is 2.53 bits per heavy atom. The number of Topliss-reactive ketones (excluding diaryl/α,β-unsaturated/α-hetero) is 1. The van der Waals surface area contributed by atoms with Gasteiger partial charge in [0.05, 0.1) is 0 Å². The van der Waals surface area contributed by atoms with Crippen molar-refractivity contribution in [2.75, 3.05) is 6.61 Å². The van der Waals surface area contributed by atoms with Gasteiger partial charge in [0, 0.05) is 12.5 Å². The molecule has 0 aromatic heterocycles. The fraction of sp³-hybridized carbons (Fsp3) is 0.769. The van der Waals surface area contributed by atoms with Crippen molar-refractivity contribution in [3.05, 3.63) is 12.2 Å². The van der Waals surface area contributed by atoms with E-state index in [-0.39, 0.29) is 29.6 Å². The van der Waals surface area contributed by atoms with E-state index < -0.39 is 0 Å². The molecule has 0 heterocycles. The summed E-state index contributed by atoms with van der Waals surface area (Å²) in [4.78, 5) is 11.4. The molecule has 0 amide bonds. The number of ketones is 1. The Morgan fingerprint density at radius 2 is 2.13 bits per heavy atom. The second kappa shape index (κ2) is 4.48. The molecule has 1 saturated carbocycles. The number of carbonyl (C=O) groups excluding carboxylic acids is 1. The summed E-state index contributed by atoms with van der Waals surface area (Å²) < 4.78 is 0. The van der Waals surface area contributed by atoms with Crippen molar-refractivity contribution in [3.8, 4) is 0 Å². The highest BCUT2D eigenvalue weighted by Crippen LogP contribution is 2.46. The van der Waals surface area contributed by atoms with Gasteiger partial charge in [-0.05, 0) is 44.4 Å². The van der Waals surface area contributed by atoms with E-state index >= 15 is 0 Å². The number of aliphatic hydroxyl groups excluding tert-OH is 1. The number of allylic oxidation sites excluding steroid dienone is 1. The highest BCUT2D eigenvalue weighted by Gasteiger charge is 2.40. The maximum Gasteiger partial charge on any atom is 0.132 e. The number of hydrogen-bond acceptors (Lipinski definition) is 2. The van der Waals surface area contributed by atoms with Gasteiger partial charge in [-0.1, -0.05) is 19.1 Å². The van der Waals surface area contributed by atoms with Crippen LogP contribution in [0, 0.1) is 17.3 Å².